The number of nitrogens with one attached hydrogen (secondary N) is 2. The van der Waals surface area contributed by atoms with Gasteiger partial charge in [0, 0.05) is 12.5 Å². The molecule has 0 aromatic heterocycles. The molecule has 0 bridgehead atoms. The fraction of sp³-hybridized carbons (Fsp3) is 0.250. The number of nitrogens with zero attached hydrogens (tertiary/aromatic N) is 1. The highest BCUT2D eigenvalue weighted by Gasteiger charge is 2.51. The van der Waals surface area contributed by atoms with E-state index in [9.17, 15) is 14.4 Å². The van der Waals surface area contributed by atoms with Gasteiger partial charge in [0.25, 0.3) is 5.91 Å². The molecule has 6 heteroatoms. The highest BCUT2D eigenvalue weighted by molar-refractivity contribution is 6.09. The van der Waals surface area contributed by atoms with Gasteiger partial charge >= 0.3 is 6.03 Å². The maximum absolute atomic E-state index is 13.2. The Morgan fingerprint density at radius 3 is 1.94 bits per heavy atom. The monoisotopic (exact) mass is 455 g/mol. The minimum absolute atomic E-state index is 0.130. The van der Waals surface area contributed by atoms with E-state index in [0.29, 0.717) is 24.9 Å². The van der Waals surface area contributed by atoms with Crippen LogP contribution in [0.25, 0.3) is 0 Å². The van der Waals surface area contributed by atoms with Crippen LogP contribution in [-0.4, -0.2) is 35.8 Å². The van der Waals surface area contributed by atoms with E-state index < -0.39 is 17.5 Å². The molecule has 4 amide bonds. The summed E-state index contributed by atoms with van der Waals surface area (Å²) in [6.45, 7) is 1.97. The summed E-state index contributed by atoms with van der Waals surface area (Å²) in [6.07, 6.45) is 1.10. The van der Waals surface area contributed by atoms with E-state index in [1.54, 1.807) is 0 Å². The predicted molar refractivity (Wildman–Crippen MR) is 131 cm³/mol. The van der Waals surface area contributed by atoms with Crippen LogP contribution >= 0.6 is 0 Å². The topological polar surface area (TPSA) is 78.5 Å². The highest BCUT2D eigenvalue weighted by Crippen LogP contribution is 2.32. The second-order valence-corrected chi connectivity index (χ2v) is 8.46. The van der Waals surface area contributed by atoms with Crippen LogP contribution in [0.1, 0.15) is 42.4 Å². The van der Waals surface area contributed by atoms with Gasteiger partial charge in [-0.1, -0.05) is 97.9 Å². The van der Waals surface area contributed by atoms with Crippen molar-refractivity contribution in [1.82, 2.24) is 15.5 Å². The third-order valence-electron chi connectivity index (χ3n) is 6.43. The molecule has 0 spiro atoms. The summed E-state index contributed by atoms with van der Waals surface area (Å²) in [6, 6.07) is 28.9. The van der Waals surface area contributed by atoms with Crippen LogP contribution in [0.15, 0.2) is 91.0 Å². The summed E-state index contributed by atoms with van der Waals surface area (Å²) in [5.74, 6) is -0.624. The van der Waals surface area contributed by atoms with Crippen LogP contribution in [0.3, 0.4) is 0 Å². The second kappa shape index (κ2) is 10.3. The molecule has 1 aliphatic rings. The predicted octanol–water partition coefficient (Wildman–Crippen LogP) is 4.18. The van der Waals surface area contributed by atoms with Crippen molar-refractivity contribution in [2.24, 2.45) is 0 Å². The summed E-state index contributed by atoms with van der Waals surface area (Å²) in [5, 5.41) is 5.71. The maximum atomic E-state index is 13.2. The van der Waals surface area contributed by atoms with Crippen molar-refractivity contribution in [2.45, 2.75) is 31.2 Å². The molecule has 2 N–H and O–H groups in total. The number of imide groups is 1. The molecule has 174 valence electrons. The number of rotatable bonds is 9. The molecule has 1 heterocycles. The normalized spacial score (nSPS) is 17.6. The number of carbonyl (C=O) groups is 3. The smallest absolute Gasteiger partial charge is 0.325 e. The Hall–Kier alpha value is -3.93. The van der Waals surface area contributed by atoms with Gasteiger partial charge < -0.3 is 10.6 Å². The van der Waals surface area contributed by atoms with Crippen LogP contribution in [0.2, 0.25) is 0 Å². The SMILES string of the molecule is CC[C@@]1(c2ccccc2)NC(=O)N(CC(=O)NCCC(c2ccccc2)c2ccccc2)C1=O. The lowest BCUT2D eigenvalue weighted by atomic mass is 9.87. The minimum Gasteiger partial charge on any atom is -0.355 e. The summed E-state index contributed by atoms with van der Waals surface area (Å²) < 4.78 is 0. The van der Waals surface area contributed by atoms with Gasteiger partial charge in [-0.25, -0.2) is 4.79 Å². The van der Waals surface area contributed by atoms with E-state index in [4.69, 9.17) is 0 Å². The molecule has 0 aliphatic carbocycles. The molecule has 0 unspecified atom stereocenters. The number of urea groups is 1. The molecule has 1 aliphatic heterocycles. The third-order valence-corrected chi connectivity index (χ3v) is 6.43. The van der Waals surface area contributed by atoms with Gasteiger partial charge in [0.05, 0.1) is 0 Å². The standard InChI is InChI=1S/C28H29N3O3/c1-2-28(23-16-10-5-11-17-23)26(33)31(27(34)30-28)20-25(32)29-19-18-24(21-12-6-3-7-13-21)22-14-8-4-9-15-22/h3-17,24H,2,18-20H2,1H3,(H,29,32)(H,30,34)/t28-/m0/s1. The van der Waals surface area contributed by atoms with Crippen LogP contribution in [0.4, 0.5) is 4.79 Å². The van der Waals surface area contributed by atoms with Crippen LogP contribution < -0.4 is 10.6 Å². The summed E-state index contributed by atoms with van der Waals surface area (Å²) in [5.41, 5.74) is 1.93. The van der Waals surface area contributed by atoms with Crippen LogP contribution in [0, 0.1) is 0 Å². The van der Waals surface area contributed by atoms with Gasteiger partial charge in [-0.3, -0.25) is 14.5 Å². The summed E-state index contributed by atoms with van der Waals surface area (Å²) in [7, 11) is 0. The van der Waals surface area contributed by atoms with Gasteiger partial charge in [0.15, 0.2) is 0 Å². The van der Waals surface area contributed by atoms with Crippen molar-refractivity contribution in [3.8, 4) is 0 Å². The number of benzene rings is 3. The van der Waals surface area contributed by atoms with Crippen molar-refractivity contribution < 1.29 is 14.4 Å². The molecule has 1 saturated heterocycles. The zero-order chi connectivity index (χ0) is 24.0. The van der Waals surface area contributed by atoms with Crippen molar-refractivity contribution >= 4 is 17.8 Å². The Morgan fingerprint density at radius 1 is 0.882 bits per heavy atom. The molecule has 1 atom stereocenters. The lowest BCUT2D eigenvalue weighted by Crippen LogP contribution is -2.45. The lowest BCUT2D eigenvalue weighted by Gasteiger charge is -2.25. The zero-order valence-electron chi connectivity index (χ0n) is 19.2. The number of amides is 4. The third kappa shape index (κ3) is 4.71. The maximum Gasteiger partial charge on any atom is 0.325 e. The van der Waals surface area contributed by atoms with Crippen molar-refractivity contribution in [3.05, 3.63) is 108 Å². The first-order chi connectivity index (χ1) is 16.5. The largest absolute Gasteiger partial charge is 0.355 e. The van der Waals surface area contributed by atoms with Crippen LogP contribution in [0.5, 0.6) is 0 Å². The first kappa shape index (κ1) is 23.2. The Balaban J connectivity index is 1.40. The lowest BCUT2D eigenvalue weighted by molar-refractivity contribution is -0.135. The Bertz CT molecular complexity index is 1100. The molecule has 1 fully saturated rings. The van der Waals surface area contributed by atoms with Crippen LogP contribution in [-0.2, 0) is 15.1 Å². The number of hydrogen-bond donors (Lipinski definition) is 2. The zero-order valence-corrected chi connectivity index (χ0v) is 19.2. The van der Waals surface area contributed by atoms with Gasteiger partial charge in [-0.15, -0.1) is 0 Å². The van der Waals surface area contributed by atoms with Gasteiger partial charge in [0.2, 0.25) is 5.91 Å². The molecule has 0 saturated carbocycles. The van der Waals surface area contributed by atoms with E-state index in [1.165, 1.54) is 11.1 Å². The van der Waals surface area contributed by atoms with E-state index in [1.807, 2.05) is 73.7 Å². The molecular weight excluding hydrogens is 426 g/mol. The summed E-state index contributed by atoms with van der Waals surface area (Å²) in [4.78, 5) is 39.6. The van der Waals surface area contributed by atoms with Gasteiger partial charge in [-0.2, -0.15) is 0 Å². The second-order valence-electron chi connectivity index (χ2n) is 8.46. The molecule has 3 aromatic rings. The van der Waals surface area contributed by atoms with E-state index in [2.05, 4.69) is 34.9 Å². The Kier molecular flexibility index (Phi) is 7.07. The van der Waals surface area contributed by atoms with Crippen molar-refractivity contribution in [1.29, 1.82) is 0 Å². The first-order valence-corrected chi connectivity index (χ1v) is 11.6. The fourth-order valence-electron chi connectivity index (χ4n) is 4.58. The van der Waals surface area contributed by atoms with E-state index in [-0.39, 0.29) is 18.4 Å². The molecule has 4 rings (SSSR count). The molecule has 6 nitrogen and oxygen atoms in total. The van der Waals surface area contributed by atoms with E-state index >= 15 is 0 Å². The van der Waals surface area contributed by atoms with E-state index in [0.717, 1.165) is 4.90 Å². The quantitative estimate of drug-likeness (QED) is 0.475. The number of hydrogen-bond acceptors (Lipinski definition) is 3. The average Bonchev–Trinajstić information content (AvgIpc) is 3.13. The molecular formula is C28H29N3O3. The highest BCUT2D eigenvalue weighted by atomic mass is 16.2. The van der Waals surface area contributed by atoms with Crippen molar-refractivity contribution in [3.63, 3.8) is 0 Å². The molecule has 0 radical (unpaired) electrons. The Labute approximate surface area is 200 Å². The van der Waals surface area contributed by atoms with Gasteiger partial charge in [-0.05, 0) is 29.5 Å². The molecule has 34 heavy (non-hydrogen) atoms. The fourth-order valence-corrected chi connectivity index (χ4v) is 4.58. The first-order valence-electron chi connectivity index (χ1n) is 11.6. The van der Waals surface area contributed by atoms with Crippen molar-refractivity contribution in [2.75, 3.05) is 13.1 Å². The minimum atomic E-state index is -1.13. The van der Waals surface area contributed by atoms with Gasteiger partial charge in [0.1, 0.15) is 12.1 Å². The average molecular weight is 456 g/mol. The summed E-state index contributed by atoms with van der Waals surface area (Å²) >= 11 is 0. The molecule has 3 aromatic carbocycles. The number of carbonyl (C=O) groups excluding carboxylic acids is 3. The Morgan fingerprint density at radius 2 is 1.41 bits per heavy atom.